The van der Waals surface area contributed by atoms with Gasteiger partial charge >= 0.3 is 5.69 Å². The molecular formula is C18H24N4O4S. The van der Waals surface area contributed by atoms with Crippen molar-refractivity contribution < 1.29 is 8.42 Å². The summed E-state index contributed by atoms with van der Waals surface area (Å²) in [5.41, 5.74) is 1.19. The van der Waals surface area contributed by atoms with Gasteiger partial charge in [-0.25, -0.2) is 17.9 Å². The molecule has 1 aromatic heterocycles. The van der Waals surface area contributed by atoms with Crippen molar-refractivity contribution in [2.45, 2.75) is 30.8 Å². The van der Waals surface area contributed by atoms with Gasteiger partial charge in [-0.15, -0.1) is 0 Å². The van der Waals surface area contributed by atoms with Crippen molar-refractivity contribution in [3.63, 3.8) is 0 Å². The zero-order valence-corrected chi connectivity index (χ0v) is 16.5. The minimum atomic E-state index is -4.03. The Kier molecular flexibility index (Phi) is 5.36. The maximum absolute atomic E-state index is 12.7. The Balaban J connectivity index is 1.74. The fourth-order valence-corrected chi connectivity index (χ4v) is 4.82. The van der Waals surface area contributed by atoms with Gasteiger partial charge in [0.25, 0.3) is 5.56 Å². The standard InChI is InChI=1S/C18H24N4O4S/c1-13(10-22-9-8-14-6-4-5-7-15(14)11-22)19-27(25,26)16-12-20(2)18(24)21(3)17(16)23/h4-7,12-13,19H,8-11H2,1-3H3/t13-/m1/s1. The van der Waals surface area contributed by atoms with Gasteiger partial charge in [-0.3, -0.25) is 14.3 Å². The molecule has 2 heterocycles. The van der Waals surface area contributed by atoms with Crippen molar-refractivity contribution in [3.05, 3.63) is 62.4 Å². The van der Waals surface area contributed by atoms with Crippen molar-refractivity contribution in [1.29, 1.82) is 0 Å². The predicted molar refractivity (Wildman–Crippen MR) is 102 cm³/mol. The molecule has 1 aromatic carbocycles. The third-order valence-electron chi connectivity index (χ3n) is 4.80. The first-order valence-electron chi connectivity index (χ1n) is 8.77. The van der Waals surface area contributed by atoms with E-state index < -0.39 is 26.2 Å². The molecule has 27 heavy (non-hydrogen) atoms. The Labute approximate surface area is 158 Å². The maximum Gasteiger partial charge on any atom is 0.330 e. The lowest BCUT2D eigenvalue weighted by Crippen LogP contribution is -2.46. The van der Waals surface area contributed by atoms with Crippen molar-refractivity contribution in [1.82, 2.24) is 18.8 Å². The normalized spacial score (nSPS) is 16.1. The fraction of sp³-hybridized carbons (Fsp3) is 0.444. The number of hydrogen-bond acceptors (Lipinski definition) is 5. The number of sulfonamides is 1. The summed E-state index contributed by atoms with van der Waals surface area (Å²) in [6, 6.07) is 7.85. The van der Waals surface area contributed by atoms with E-state index in [9.17, 15) is 18.0 Å². The first-order chi connectivity index (χ1) is 12.7. The van der Waals surface area contributed by atoms with Gasteiger partial charge in [0.1, 0.15) is 0 Å². The number of nitrogens with one attached hydrogen (secondary N) is 1. The second kappa shape index (κ2) is 7.41. The molecule has 2 aromatic rings. The van der Waals surface area contributed by atoms with Crippen LogP contribution in [0.15, 0.2) is 44.9 Å². The number of aromatic nitrogens is 2. The SMILES string of the molecule is C[C@H](CN1CCc2ccccc2C1)NS(=O)(=O)c1cn(C)c(=O)n(C)c1=O. The van der Waals surface area contributed by atoms with Gasteiger partial charge in [0.05, 0.1) is 0 Å². The fourth-order valence-electron chi connectivity index (χ4n) is 3.42. The van der Waals surface area contributed by atoms with Crippen LogP contribution in [0.5, 0.6) is 0 Å². The van der Waals surface area contributed by atoms with Crippen molar-refractivity contribution in [3.8, 4) is 0 Å². The van der Waals surface area contributed by atoms with Crippen LogP contribution in [0, 0.1) is 0 Å². The summed E-state index contributed by atoms with van der Waals surface area (Å²) >= 11 is 0. The van der Waals surface area contributed by atoms with E-state index in [4.69, 9.17) is 0 Å². The van der Waals surface area contributed by atoms with Gasteiger partial charge in [0.2, 0.25) is 10.0 Å². The molecule has 8 nitrogen and oxygen atoms in total. The van der Waals surface area contributed by atoms with Crippen molar-refractivity contribution in [2.24, 2.45) is 14.1 Å². The van der Waals surface area contributed by atoms with Crippen molar-refractivity contribution in [2.75, 3.05) is 13.1 Å². The Morgan fingerprint density at radius 2 is 1.81 bits per heavy atom. The summed E-state index contributed by atoms with van der Waals surface area (Å²) in [5.74, 6) is 0. The maximum atomic E-state index is 12.7. The van der Waals surface area contributed by atoms with Crippen LogP contribution in [0.4, 0.5) is 0 Å². The van der Waals surface area contributed by atoms with Crippen molar-refractivity contribution >= 4 is 10.0 Å². The summed E-state index contributed by atoms with van der Waals surface area (Å²) in [5, 5.41) is 0. The van der Waals surface area contributed by atoms with Gasteiger partial charge in [-0.2, -0.15) is 0 Å². The van der Waals surface area contributed by atoms with Crippen LogP contribution < -0.4 is 16.0 Å². The first kappa shape index (κ1) is 19.5. The minimum Gasteiger partial charge on any atom is -0.302 e. The highest BCUT2D eigenvalue weighted by Gasteiger charge is 2.25. The van der Waals surface area contributed by atoms with E-state index >= 15 is 0 Å². The number of rotatable bonds is 5. The molecule has 146 valence electrons. The lowest BCUT2D eigenvalue weighted by atomic mass is 10.00. The van der Waals surface area contributed by atoms with E-state index in [1.54, 1.807) is 6.92 Å². The molecule has 9 heteroatoms. The van der Waals surface area contributed by atoms with E-state index in [1.807, 2.05) is 12.1 Å². The molecule has 1 aliphatic heterocycles. The van der Waals surface area contributed by atoms with Crippen LogP contribution in [0.2, 0.25) is 0 Å². The van der Waals surface area contributed by atoms with Crippen LogP contribution in [0.25, 0.3) is 0 Å². The molecule has 0 bridgehead atoms. The van der Waals surface area contributed by atoms with Gasteiger partial charge < -0.3 is 4.57 Å². The largest absolute Gasteiger partial charge is 0.330 e. The molecular weight excluding hydrogens is 368 g/mol. The molecule has 0 aliphatic carbocycles. The molecule has 0 fully saturated rings. The zero-order valence-electron chi connectivity index (χ0n) is 15.7. The number of aryl methyl sites for hydroxylation is 1. The van der Waals surface area contributed by atoms with Gasteiger partial charge in [0, 0.05) is 46.0 Å². The van der Waals surface area contributed by atoms with E-state index in [0.717, 1.165) is 34.8 Å². The smallest absolute Gasteiger partial charge is 0.302 e. The summed E-state index contributed by atoms with van der Waals surface area (Å²) in [7, 11) is -1.36. The summed E-state index contributed by atoms with van der Waals surface area (Å²) in [6.07, 6.45) is 1.99. The summed E-state index contributed by atoms with van der Waals surface area (Å²) in [4.78, 5) is 25.7. The van der Waals surface area contributed by atoms with E-state index in [1.165, 1.54) is 25.2 Å². The zero-order chi connectivity index (χ0) is 19.8. The van der Waals surface area contributed by atoms with Crippen LogP contribution in [-0.2, 0) is 37.1 Å². The molecule has 1 aliphatic rings. The molecule has 1 N–H and O–H groups in total. The molecule has 3 rings (SSSR count). The molecule has 0 unspecified atom stereocenters. The Morgan fingerprint density at radius 1 is 1.15 bits per heavy atom. The van der Waals surface area contributed by atoms with E-state index in [2.05, 4.69) is 21.8 Å². The third-order valence-corrected chi connectivity index (χ3v) is 6.37. The third kappa shape index (κ3) is 4.05. The summed E-state index contributed by atoms with van der Waals surface area (Å²) < 4.78 is 29.8. The molecule has 0 saturated heterocycles. The topological polar surface area (TPSA) is 93.4 Å². The Bertz CT molecular complexity index is 1070. The second-order valence-corrected chi connectivity index (χ2v) is 8.71. The second-order valence-electron chi connectivity index (χ2n) is 7.03. The molecule has 0 saturated carbocycles. The number of benzene rings is 1. The van der Waals surface area contributed by atoms with E-state index in [-0.39, 0.29) is 6.04 Å². The molecule has 0 spiro atoms. The van der Waals surface area contributed by atoms with Crippen LogP contribution in [-0.4, -0.2) is 41.6 Å². The predicted octanol–water partition coefficient (Wildman–Crippen LogP) is -0.191. The Morgan fingerprint density at radius 3 is 2.52 bits per heavy atom. The monoisotopic (exact) mass is 392 g/mol. The van der Waals surface area contributed by atoms with Crippen LogP contribution >= 0.6 is 0 Å². The van der Waals surface area contributed by atoms with Gasteiger partial charge in [-0.05, 0) is 24.5 Å². The molecule has 0 amide bonds. The average molecular weight is 392 g/mol. The van der Waals surface area contributed by atoms with Gasteiger partial charge in [-0.1, -0.05) is 24.3 Å². The first-order valence-corrected chi connectivity index (χ1v) is 10.3. The van der Waals surface area contributed by atoms with Crippen LogP contribution in [0.3, 0.4) is 0 Å². The number of hydrogen-bond donors (Lipinski definition) is 1. The highest BCUT2D eigenvalue weighted by Crippen LogP contribution is 2.18. The quantitative estimate of drug-likeness (QED) is 0.761. The molecule has 1 atom stereocenters. The highest BCUT2D eigenvalue weighted by molar-refractivity contribution is 7.89. The number of nitrogens with zero attached hydrogens (tertiary/aromatic N) is 3. The minimum absolute atomic E-state index is 0.387. The van der Waals surface area contributed by atoms with E-state index in [0.29, 0.717) is 6.54 Å². The number of fused-ring (bicyclic) bond motifs is 1. The molecule has 0 radical (unpaired) electrons. The highest BCUT2D eigenvalue weighted by atomic mass is 32.2. The average Bonchev–Trinajstić information content (AvgIpc) is 2.62. The van der Waals surface area contributed by atoms with Crippen LogP contribution in [0.1, 0.15) is 18.1 Å². The summed E-state index contributed by atoms with van der Waals surface area (Å²) in [6.45, 7) is 3.92. The lowest BCUT2D eigenvalue weighted by molar-refractivity contribution is 0.237. The lowest BCUT2D eigenvalue weighted by Gasteiger charge is -2.30. The Hall–Kier alpha value is -2.23. The van der Waals surface area contributed by atoms with Gasteiger partial charge in [0.15, 0.2) is 4.90 Å².